The van der Waals surface area contributed by atoms with E-state index < -0.39 is 23.0 Å². The van der Waals surface area contributed by atoms with E-state index in [-0.39, 0.29) is 98.1 Å². The van der Waals surface area contributed by atoms with Gasteiger partial charge in [-0.1, -0.05) is 205 Å². The number of hydrogen-bond acceptors (Lipinski definition) is 4. The molecule has 0 fully saturated rings. The molecule has 12 aromatic rings. The Hall–Kier alpha value is -5.35. The van der Waals surface area contributed by atoms with E-state index in [9.17, 15) is 8.78 Å². The van der Waals surface area contributed by atoms with Gasteiger partial charge in [0.15, 0.2) is 0 Å². The minimum absolute atomic E-state index is 0. The van der Waals surface area contributed by atoms with Crippen molar-refractivity contribution in [2.24, 2.45) is 0 Å². The van der Waals surface area contributed by atoms with Gasteiger partial charge in [-0.15, -0.1) is 0 Å². The molecule has 8 aromatic carbocycles. The van der Waals surface area contributed by atoms with Crippen molar-refractivity contribution in [3.8, 4) is 11.3 Å². The fourth-order valence-corrected chi connectivity index (χ4v) is 10.5. The minimum Gasteiger partial charge on any atom is -0.245 e. The van der Waals surface area contributed by atoms with Crippen LogP contribution in [0.25, 0.3) is 33.1 Å². The molecule has 6 nitrogen and oxygen atoms in total. The van der Waals surface area contributed by atoms with E-state index in [1.54, 1.807) is 6.07 Å². The number of fused-ring (bicyclic) bond motifs is 2. The normalized spacial score (nSPS) is 10.9. The molecule has 0 saturated heterocycles. The van der Waals surface area contributed by atoms with Gasteiger partial charge in [0.05, 0.1) is 11.0 Å². The van der Waals surface area contributed by atoms with Crippen LogP contribution in [0.5, 0.6) is 0 Å². The van der Waals surface area contributed by atoms with Gasteiger partial charge in [0.2, 0.25) is 11.9 Å². The van der Waals surface area contributed by atoms with Crippen LogP contribution in [0.3, 0.4) is 0 Å². The summed E-state index contributed by atoms with van der Waals surface area (Å²) < 4.78 is 31.4. The third-order valence-electron chi connectivity index (χ3n) is 13.3. The summed E-state index contributed by atoms with van der Waals surface area (Å²) in [6.07, 6.45) is 2.94. The van der Waals surface area contributed by atoms with Crippen molar-refractivity contribution in [1.82, 2.24) is 29.5 Å². The fourth-order valence-electron chi connectivity index (χ4n) is 10.0. The van der Waals surface area contributed by atoms with Crippen LogP contribution >= 0.6 is 15.9 Å². The second-order valence-corrected chi connectivity index (χ2v) is 18.9. The number of rotatable bonds is 9. The quantitative estimate of drug-likeness (QED) is 0.107. The Morgan fingerprint density at radius 3 is 1.04 bits per heavy atom. The first kappa shape index (κ1) is 59.3. The van der Waals surface area contributed by atoms with Crippen molar-refractivity contribution in [2.45, 2.75) is 31.8 Å². The molecule has 3 radical (unpaired) electrons. The molecule has 77 heavy (non-hydrogen) atoms. The predicted octanol–water partition coefficient (Wildman–Crippen LogP) is 15.9. The summed E-state index contributed by atoms with van der Waals surface area (Å²) in [6.45, 7) is 6.00. The molecule has 0 amide bonds. The Morgan fingerprint density at radius 2 is 0.688 bits per heavy atom. The number of hydrogen-bond donors (Lipinski definition) is 0. The molecule has 371 valence electrons. The van der Waals surface area contributed by atoms with Gasteiger partial charge in [-0.05, 0) is 118 Å². The van der Waals surface area contributed by atoms with Crippen LogP contribution in [0.15, 0.2) is 260 Å². The van der Waals surface area contributed by atoms with E-state index in [4.69, 9.17) is 10.2 Å². The summed E-state index contributed by atoms with van der Waals surface area (Å²) in [6, 6.07) is 82.5. The van der Waals surface area contributed by atoms with Crippen LogP contribution in [0.2, 0.25) is 0 Å². The van der Waals surface area contributed by atoms with Crippen molar-refractivity contribution in [3.63, 3.8) is 0 Å². The molecule has 0 aliphatic rings. The summed E-state index contributed by atoms with van der Waals surface area (Å²) >= 11 is 3.73. The molecule has 0 spiro atoms. The van der Waals surface area contributed by atoms with Crippen molar-refractivity contribution < 1.29 is 107 Å². The monoisotopic (exact) mass is 1300 g/mol. The van der Waals surface area contributed by atoms with Gasteiger partial charge < -0.3 is 0 Å². The molecule has 4 heterocycles. The number of pyridine rings is 2. The summed E-state index contributed by atoms with van der Waals surface area (Å²) in [4.78, 5) is 7.13. The van der Waals surface area contributed by atoms with Gasteiger partial charge in [-0.25, -0.2) is 19.3 Å². The van der Waals surface area contributed by atoms with Crippen molar-refractivity contribution in [3.05, 3.63) is 322 Å². The number of halogens is 3. The van der Waals surface area contributed by atoms with Gasteiger partial charge in [-0.2, -0.15) is 19.0 Å². The Balaban J connectivity index is 0.000000191. The van der Waals surface area contributed by atoms with Gasteiger partial charge >= 0.3 is 0 Å². The first-order chi connectivity index (χ1) is 36.2. The molecule has 0 saturated carbocycles. The minimum atomic E-state index is -0.763. The van der Waals surface area contributed by atoms with E-state index in [1.165, 1.54) is 46.8 Å². The molecular formula is C65H51BrF2N6Y3. The fraction of sp³-hybridized carbons (Fsp3) is 0.0769. The molecule has 0 unspecified atom stereocenters. The van der Waals surface area contributed by atoms with Gasteiger partial charge in [0.25, 0.3) is 0 Å². The Bertz CT molecular complexity index is 3600. The van der Waals surface area contributed by atoms with Crippen molar-refractivity contribution >= 4 is 37.7 Å². The first-order valence-corrected chi connectivity index (χ1v) is 25.2. The molecule has 0 N–H and O–H groups in total. The van der Waals surface area contributed by atoms with E-state index in [0.717, 1.165) is 59.9 Å². The third kappa shape index (κ3) is 12.3. The second kappa shape index (κ2) is 27.0. The predicted molar refractivity (Wildman–Crippen MR) is 298 cm³/mol. The SMILES string of the molecule is Cc1ccc2c(c1)c(-c1ccnc(F)c1)nn2C(c1ccccc1)(c1ccccc1)c1ccccc1.Cc1ccc2c(c1)c(Br)nn2C(c1ccccc1)(c1ccccc1)c1ccccc1.Cc1ccnc(F)c1.[Y].[Y].[Y]. The zero-order valence-corrected chi connectivity index (χ0v) is 52.9. The van der Waals surface area contributed by atoms with Crippen LogP contribution in [-0.2, 0) is 109 Å². The second-order valence-electron chi connectivity index (χ2n) is 18.1. The van der Waals surface area contributed by atoms with Crippen LogP contribution in [0.4, 0.5) is 8.78 Å². The van der Waals surface area contributed by atoms with Crippen LogP contribution in [-0.4, -0.2) is 29.5 Å². The van der Waals surface area contributed by atoms with Gasteiger partial charge in [0, 0.05) is 133 Å². The van der Waals surface area contributed by atoms with E-state index in [0.29, 0.717) is 5.56 Å². The average Bonchev–Trinajstić information content (AvgIpc) is 4.09. The van der Waals surface area contributed by atoms with E-state index in [2.05, 4.69) is 249 Å². The molecule has 0 atom stereocenters. The van der Waals surface area contributed by atoms with Crippen molar-refractivity contribution in [1.29, 1.82) is 0 Å². The molecule has 0 aliphatic carbocycles. The zero-order valence-electron chi connectivity index (χ0n) is 42.8. The van der Waals surface area contributed by atoms with Gasteiger partial charge in [-0.3, -0.25) is 0 Å². The van der Waals surface area contributed by atoms with Crippen LogP contribution < -0.4 is 0 Å². The smallest absolute Gasteiger partial charge is 0.213 e. The third-order valence-corrected chi connectivity index (χ3v) is 13.9. The summed E-state index contributed by atoms with van der Waals surface area (Å²) in [5, 5.41) is 12.4. The molecule has 0 bridgehead atoms. The first-order valence-electron chi connectivity index (χ1n) is 24.4. The molecule has 4 aromatic heterocycles. The largest absolute Gasteiger partial charge is 0.245 e. The molecule has 0 aliphatic heterocycles. The zero-order chi connectivity index (χ0) is 51.1. The maximum absolute atomic E-state index is 14.2. The van der Waals surface area contributed by atoms with Crippen LogP contribution in [0, 0.1) is 32.7 Å². The maximum Gasteiger partial charge on any atom is 0.213 e. The Kier molecular flexibility index (Phi) is 20.8. The molecule has 12 rings (SSSR count). The maximum atomic E-state index is 14.2. The Labute approximate surface area is 532 Å². The number of aryl methyl sites for hydroxylation is 3. The Morgan fingerprint density at radius 1 is 0.364 bits per heavy atom. The van der Waals surface area contributed by atoms with Gasteiger partial charge in [0.1, 0.15) is 21.4 Å². The number of benzene rings is 8. The van der Waals surface area contributed by atoms with E-state index in [1.807, 2.05) is 31.2 Å². The van der Waals surface area contributed by atoms with Crippen LogP contribution in [0.1, 0.15) is 50.1 Å². The van der Waals surface area contributed by atoms with E-state index >= 15 is 0 Å². The molecular weight excluding hydrogens is 1250 g/mol. The summed E-state index contributed by atoms with van der Waals surface area (Å²) in [7, 11) is 0. The molecule has 12 heteroatoms. The number of nitrogens with zero attached hydrogens (tertiary/aromatic N) is 6. The summed E-state index contributed by atoms with van der Waals surface area (Å²) in [5.74, 6) is -0.937. The standard InChI is InChI=1S/C32H24FN3.C27H21BrN2.C6H6FN.3Y/c1-23-17-18-29-28(21-23)31(24-19-20-34-30(33)22-24)35-36(29)32(25-11-5-2-6-12-25,26-13-7-3-8-14-26)27-15-9-4-10-16-27;1-20-17-18-25-24(19-20)26(28)29-30(25)27(21-11-5-2-6-12-21,22-13-7-3-8-14-22)23-15-9-4-10-16-23;1-5-2-3-8-6(7)4-5;;;/h2-22H,1H3;2-19H,1H3;2-4H,1H3;;;. The average molecular weight is 1300 g/mol. The van der Waals surface area contributed by atoms with Crippen molar-refractivity contribution in [2.75, 3.05) is 0 Å². The topological polar surface area (TPSA) is 61.4 Å². The number of aromatic nitrogens is 6. The summed E-state index contributed by atoms with van der Waals surface area (Å²) in [5.41, 5.74) is 12.1.